The number of benzene rings is 1. The molecule has 2 N–H and O–H groups in total. The first-order chi connectivity index (χ1) is 10.2. The highest BCUT2D eigenvalue weighted by molar-refractivity contribution is 7.99. The van der Waals surface area contributed by atoms with Gasteiger partial charge in [-0.2, -0.15) is 0 Å². The molecule has 0 aliphatic rings. The molecule has 5 heteroatoms. The summed E-state index contributed by atoms with van der Waals surface area (Å²) < 4.78 is 0. The number of rotatable bonds is 7. The number of nitrogens with one attached hydrogen (secondary N) is 2. The fraction of sp³-hybridized carbons (Fsp3) is 0.375. The molecule has 112 valence electrons. The van der Waals surface area contributed by atoms with Crippen LogP contribution in [0.25, 0.3) is 0 Å². The normalized spacial score (nSPS) is 12.3. The van der Waals surface area contributed by atoms with Crippen LogP contribution in [-0.2, 0) is 0 Å². The second-order valence-electron chi connectivity index (χ2n) is 4.91. The van der Waals surface area contributed by atoms with Crippen molar-refractivity contribution in [3.63, 3.8) is 0 Å². The molecule has 1 unspecified atom stereocenters. The third-order valence-corrected chi connectivity index (χ3v) is 4.22. The Labute approximate surface area is 129 Å². The van der Waals surface area contributed by atoms with E-state index in [9.17, 15) is 4.79 Å². The molecule has 0 fully saturated rings. The molecule has 0 saturated heterocycles. The number of aromatic nitrogens is 2. The second-order valence-corrected chi connectivity index (χ2v) is 5.92. The predicted octanol–water partition coefficient (Wildman–Crippen LogP) is 2.91. The summed E-state index contributed by atoms with van der Waals surface area (Å²) in [7, 11) is 0. The standard InChI is InChI=1S/C16H21N3OS/c1-3-9-17-14(13-7-5-4-6-12(13)2)11-21-16-18-10-8-15(20)19-16/h4-8,10,14,17H,3,9,11H2,1-2H3,(H,18,19,20). The van der Waals surface area contributed by atoms with E-state index in [0.717, 1.165) is 18.7 Å². The van der Waals surface area contributed by atoms with E-state index in [2.05, 4.69) is 53.4 Å². The van der Waals surface area contributed by atoms with Gasteiger partial charge in [0.1, 0.15) is 0 Å². The molecule has 0 bridgehead atoms. The highest BCUT2D eigenvalue weighted by atomic mass is 32.2. The molecular weight excluding hydrogens is 282 g/mol. The molecule has 0 saturated carbocycles. The van der Waals surface area contributed by atoms with Gasteiger partial charge in [0.05, 0.1) is 0 Å². The zero-order valence-electron chi connectivity index (χ0n) is 12.4. The molecule has 4 nitrogen and oxygen atoms in total. The Morgan fingerprint density at radius 1 is 1.33 bits per heavy atom. The zero-order chi connectivity index (χ0) is 15.1. The van der Waals surface area contributed by atoms with Gasteiger partial charge in [-0.3, -0.25) is 4.79 Å². The van der Waals surface area contributed by atoms with Gasteiger partial charge in [-0.05, 0) is 31.0 Å². The minimum Gasteiger partial charge on any atom is -0.309 e. The molecule has 1 aromatic carbocycles. The van der Waals surface area contributed by atoms with Crippen molar-refractivity contribution in [1.29, 1.82) is 0 Å². The van der Waals surface area contributed by atoms with Crippen LogP contribution in [0.3, 0.4) is 0 Å². The van der Waals surface area contributed by atoms with Gasteiger partial charge in [-0.1, -0.05) is 43.0 Å². The van der Waals surface area contributed by atoms with Crippen LogP contribution in [-0.4, -0.2) is 22.3 Å². The Morgan fingerprint density at radius 2 is 2.14 bits per heavy atom. The number of hydrogen-bond donors (Lipinski definition) is 2. The third-order valence-electron chi connectivity index (χ3n) is 3.24. The number of aryl methyl sites for hydroxylation is 1. The molecule has 2 rings (SSSR count). The molecule has 0 radical (unpaired) electrons. The number of aromatic amines is 1. The Hall–Kier alpha value is -1.59. The summed E-state index contributed by atoms with van der Waals surface area (Å²) >= 11 is 1.57. The van der Waals surface area contributed by atoms with Crippen molar-refractivity contribution < 1.29 is 0 Å². The minimum absolute atomic E-state index is 0.110. The van der Waals surface area contributed by atoms with Crippen LogP contribution in [0.15, 0.2) is 46.5 Å². The van der Waals surface area contributed by atoms with Crippen LogP contribution < -0.4 is 10.9 Å². The van der Waals surface area contributed by atoms with Crippen molar-refractivity contribution in [2.24, 2.45) is 0 Å². The molecule has 0 aliphatic carbocycles. The first-order valence-corrected chi connectivity index (χ1v) is 8.16. The lowest BCUT2D eigenvalue weighted by Gasteiger charge is -2.20. The van der Waals surface area contributed by atoms with Crippen LogP contribution in [0.1, 0.15) is 30.5 Å². The maximum absolute atomic E-state index is 11.3. The number of thioether (sulfide) groups is 1. The largest absolute Gasteiger partial charge is 0.309 e. The summed E-state index contributed by atoms with van der Waals surface area (Å²) in [6.45, 7) is 5.26. The summed E-state index contributed by atoms with van der Waals surface area (Å²) in [5.74, 6) is 0.831. The van der Waals surface area contributed by atoms with Gasteiger partial charge in [-0.15, -0.1) is 0 Å². The van der Waals surface area contributed by atoms with Crippen LogP contribution in [0, 0.1) is 6.92 Å². The predicted molar refractivity (Wildman–Crippen MR) is 87.8 cm³/mol. The Kier molecular flexibility index (Phi) is 6.02. The summed E-state index contributed by atoms with van der Waals surface area (Å²) in [5.41, 5.74) is 2.47. The third kappa shape index (κ3) is 4.72. The van der Waals surface area contributed by atoms with E-state index in [0.29, 0.717) is 5.16 Å². The summed E-state index contributed by atoms with van der Waals surface area (Å²) in [6.07, 6.45) is 2.64. The Balaban J connectivity index is 2.10. The number of H-pyrrole nitrogens is 1. The fourth-order valence-electron chi connectivity index (χ4n) is 2.14. The Bertz CT molecular complexity index is 627. The highest BCUT2D eigenvalue weighted by Crippen LogP contribution is 2.24. The van der Waals surface area contributed by atoms with Gasteiger partial charge >= 0.3 is 0 Å². The van der Waals surface area contributed by atoms with Crippen LogP contribution >= 0.6 is 11.8 Å². The molecule has 1 heterocycles. The molecule has 1 atom stereocenters. The monoisotopic (exact) mass is 303 g/mol. The molecular formula is C16H21N3OS. The first kappa shape index (κ1) is 15.8. The summed E-state index contributed by atoms with van der Waals surface area (Å²) in [5, 5.41) is 4.24. The average molecular weight is 303 g/mol. The topological polar surface area (TPSA) is 57.8 Å². The lowest BCUT2D eigenvalue weighted by molar-refractivity contribution is 0.574. The van der Waals surface area contributed by atoms with Crippen molar-refractivity contribution in [2.45, 2.75) is 31.5 Å². The van der Waals surface area contributed by atoms with Gasteiger partial charge in [-0.25, -0.2) is 4.98 Å². The van der Waals surface area contributed by atoms with Crippen LogP contribution in [0.2, 0.25) is 0 Å². The highest BCUT2D eigenvalue weighted by Gasteiger charge is 2.13. The SMILES string of the molecule is CCCNC(CSc1nccc(=O)[nH]1)c1ccccc1C. The van der Waals surface area contributed by atoms with E-state index in [-0.39, 0.29) is 11.6 Å². The Morgan fingerprint density at radius 3 is 2.86 bits per heavy atom. The zero-order valence-corrected chi connectivity index (χ0v) is 13.2. The van der Waals surface area contributed by atoms with Crippen molar-refractivity contribution in [3.8, 4) is 0 Å². The van der Waals surface area contributed by atoms with Gasteiger partial charge < -0.3 is 10.3 Å². The quantitative estimate of drug-likeness (QED) is 0.610. The van der Waals surface area contributed by atoms with E-state index >= 15 is 0 Å². The maximum Gasteiger partial charge on any atom is 0.251 e. The number of hydrogen-bond acceptors (Lipinski definition) is 4. The van der Waals surface area contributed by atoms with E-state index in [1.54, 1.807) is 18.0 Å². The molecule has 21 heavy (non-hydrogen) atoms. The number of nitrogens with zero attached hydrogens (tertiary/aromatic N) is 1. The molecule has 1 aromatic heterocycles. The summed E-state index contributed by atoms with van der Waals surface area (Å²) in [4.78, 5) is 18.2. The van der Waals surface area contributed by atoms with Crippen molar-refractivity contribution in [1.82, 2.24) is 15.3 Å². The van der Waals surface area contributed by atoms with Gasteiger partial charge in [0.2, 0.25) is 0 Å². The van der Waals surface area contributed by atoms with Gasteiger partial charge in [0.25, 0.3) is 5.56 Å². The maximum atomic E-state index is 11.3. The first-order valence-electron chi connectivity index (χ1n) is 7.17. The van der Waals surface area contributed by atoms with E-state index in [1.807, 2.05) is 0 Å². The van der Waals surface area contributed by atoms with Crippen molar-refractivity contribution >= 4 is 11.8 Å². The smallest absolute Gasteiger partial charge is 0.251 e. The molecule has 2 aromatic rings. The average Bonchev–Trinajstić information content (AvgIpc) is 2.48. The van der Waals surface area contributed by atoms with Crippen LogP contribution in [0.5, 0.6) is 0 Å². The lowest BCUT2D eigenvalue weighted by atomic mass is 10.0. The molecule has 0 aliphatic heterocycles. The lowest BCUT2D eigenvalue weighted by Crippen LogP contribution is -2.25. The van der Waals surface area contributed by atoms with Crippen molar-refractivity contribution in [3.05, 3.63) is 58.0 Å². The fourth-order valence-corrected chi connectivity index (χ4v) is 3.07. The van der Waals surface area contributed by atoms with E-state index in [4.69, 9.17) is 0 Å². The van der Waals surface area contributed by atoms with Crippen LogP contribution in [0.4, 0.5) is 0 Å². The summed E-state index contributed by atoms with van der Waals surface area (Å²) in [6, 6.07) is 10.1. The molecule has 0 spiro atoms. The van der Waals surface area contributed by atoms with E-state index < -0.39 is 0 Å². The second kappa shape index (κ2) is 8.00. The molecule has 0 amide bonds. The van der Waals surface area contributed by atoms with Gasteiger partial charge in [0.15, 0.2) is 5.16 Å². The minimum atomic E-state index is -0.110. The van der Waals surface area contributed by atoms with E-state index in [1.165, 1.54) is 17.2 Å². The van der Waals surface area contributed by atoms with Gasteiger partial charge in [0, 0.05) is 24.1 Å². The van der Waals surface area contributed by atoms with Crippen molar-refractivity contribution in [2.75, 3.05) is 12.3 Å².